The number of imide groups is 1. The maximum atomic E-state index is 12.3. The first-order valence-electron chi connectivity index (χ1n) is 7.01. The second kappa shape index (κ2) is 6.22. The highest BCUT2D eigenvalue weighted by molar-refractivity contribution is 6.39. The van der Waals surface area contributed by atoms with Crippen molar-refractivity contribution in [2.45, 2.75) is 19.8 Å². The van der Waals surface area contributed by atoms with E-state index in [-0.39, 0.29) is 5.91 Å². The van der Waals surface area contributed by atoms with Crippen molar-refractivity contribution in [3.8, 4) is 11.3 Å². The molecule has 3 amide bonds. The van der Waals surface area contributed by atoms with Crippen LogP contribution in [0, 0.1) is 6.92 Å². The maximum absolute atomic E-state index is 12.3. The fourth-order valence-electron chi connectivity index (χ4n) is 2.45. The highest BCUT2D eigenvalue weighted by Crippen LogP contribution is 2.39. The van der Waals surface area contributed by atoms with E-state index in [4.69, 9.17) is 27.7 Å². The van der Waals surface area contributed by atoms with Gasteiger partial charge in [-0.05, 0) is 25.5 Å². The summed E-state index contributed by atoms with van der Waals surface area (Å²) >= 11 is 12.4. The van der Waals surface area contributed by atoms with Crippen LogP contribution in [0.25, 0.3) is 11.3 Å². The number of amides is 3. The number of hydrogen-bond donors (Lipinski definition) is 1. The molecule has 2 heterocycles. The topological polar surface area (TPSA) is 75.4 Å². The van der Waals surface area contributed by atoms with Gasteiger partial charge < -0.3 is 9.84 Å². The van der Waals surface area contributed by atoms with Gasteiger partial charge >= 0.3 is 6.03 Å². The molecule has 1 fully saturated rings. The predicted molar refractivity (Wildman–Crippen MR) is 86.7 cm³/mol. The van der Waals surface area contributed by atoms with Gasteiger partial charge in [0.2, 0.25) is 5.91 Å². The SMILES string of the molecule is Cc1onc(-c2c(Cl)cccc2Cl)c1NC(=O)N1CCCC1=O. The number of anilines is 1. The molecule has 2 aromatic rings. The van der Waals surface area contributed by atoms with Gasteiger partial charge in [-0.25, -0.2) is 4.79 Å². The molecular formula is C15H13Cl2N3O3. The van der Waals surface area contributed by atoms with Crippen LogP contribution in [-0.4, -0.2) is 28.5 Å². The third-order valence-corrected chi connectivity index (χ3v) is 4.24. The monoisotopic (exact) mass is 353 g/mol. The lowest BCUT2D eigenvalue weighted by atomic mass is 10.1. The molecule has 8 heteroatoms. The summed E-state index contributed by atoms with van der Waals surface area (Å²) in [4.78, 5) is 25.1. The summed E-state index contributed by atoms with van der Waals surface area (Å²) in [7, 11) is 0. The maximum Gasteiger partial charge on any atom is 0.328 e. The van der Waals surface area contributed by atoms with Crippen LogP contribution in [0.15, 0.2) is 22.7 Å². The number of rotatable bonds is 2. The van der Waals surface area contributed by atoms with Gasteiger partial charge in [0, 0.05) is 18.5 Å². The summed E-state index contributed by atoms with van der Waals surface area (Å²) in [6.45, 7) is 2.06. The summed E-state index contributed by atoms with van der Waals surface area (Å²) < 4.78 is 5.16. The van der Waals surface area contributed by atoms with Gasteiger partial charge in [0.15, 0.2) is 5.76 Å². The van der Waals surface area contributed by atoms with Gasteiger partial charge in [0.1, 0.15) is 11.4 Å². The third-order valence-electron chi connectivity index (χ3n) is 3.61. The number of aromatic nitrogens is 1. The lowest BCUT2D eigenvalue weighted by Crippen LogP contribution is -2.35. The molecule has 1 aromatic carbocycles. The molecule has 0 spiro atoms. The van der Waals surface area contributed by atoms with Crippen molar-refractivity contribution < 1.29 is 14.1 Å². The zero-order valence-electron chi connectivity index (χ0n) is 12.2. The van der Waals surface area contributed by atoms with E-state index >= 15 is 0 Å². The number of benzene rings is 1. The number of nitrogens with zero attached hydrogens (tertiary/aromatic N) is 2. The summed E-state index contributed by atoms with van der Waals surface area (Å²) in [5.41, 5.74) is 1.15. The first-order valence-corrected chi connectivity index (χ1v) is 7.76. The van der Waals surface area contributed by atoms with Gasteiger partial charge in [-0.1, -0.05) is 34.4 Å². The minimum atomic E-state index is -0.511. The number of urea groups is 1. The number of carbonyl (C=O) groups excluding carboxylic acids is 2. The highest BCUT2D eigenvalue weighted by atomic mass is 35.5. The van der Waals surface area contributed by atoms with Crippen LogP contribution in [-0.2, 0) is 4.79 Å². The van der Waals surface area contributed by atoms with Crippen LogP contribution in [0.5, 0.6) is 0 Å². The Morgan fingerprint density at radius 3 is 2.65 bits per heavy atom. The minimum Gasteiger partial charge on any atom is -0.359 e. The molecule has 1 aliphatic heterocycles. The molecule has 0 atom stereocenters. The first kappa shape index (κ1) is 15.8. The van der Waals surface area contributed by atoms with Crippen LogP contribution in [0.2, 0.25) is 10.0 Å². The zero-order chi connectivity index (χ0) is 16.6. The third kappa shape index (κ3) is 2.92. The molecule has 120 valence electrons. The molecule has 0 saturated carbocycles. The number of halogens is 2. The minimum absolute atomic E-state index is 0.200. The molecule has 0 unspecified atom stereocenters. The molecule has 23 heavy (non-hydrogen) atoms. The Hall–Kier alpha value is -2.05. The molecule has 0 radical (unpaired) electrons. The Morgan fingerprint density at radius 2 is 2.04 bits per heavy atom. The lowest BCUT2D eigenvalue weighted by molar-refractivity contribution is -0.125. The van der Waals surface area contributed by atoms with E-state index in [0.29, 0.717) is 52.1 Å². The predicted octanol–water partition coefficient (Wildman–Crippen LogP) is 4.11. The van der Waals surface area contributed by atoms with E-state index in [2.05, 4.69) is 10.5 Å². The second-order valence-electron chi connectivity index (χ2n) is 5.14. The van der Waals surface area contributed by atoms with Crippen molar-refractivity contribution >= 4 is 40.8 Å². The van der Waals surface area contributed by atoms with E-state index in [1.54, 1.807) is 25.1 Å². The average molecular weight is 354 g/mol. The smallest absolute Gasteiger partial charge is 0.328 e. The molecule has 1 aromatic heterocycles. The highest BCUT2D eigenvalue weighted by Gasteiger charge is 2.29. The van der Waals surface area contributed by atoms with Crippen LogP contribution in [0.4, 0.5) is 10.5 Å². The van der Waals surface area contributed by atoms with Crippen molar-refractivity contribution in [3.63, 3.8) is 0 Å². The molecule has 3 rings (SSSR count). The zero-order valence-corrected chi connectivity index (χ0v) is 13.7. The van der Waals surface area contributed by atoms with Crippen molar-refractivity contribution in [3.05, 3.63) is 34.0 Å². The number of nitrogens with one attached hydrogen (secondary N) is 1. The molecule has 0 bridgehead atoms. The Kier molecular flexibility index (Phi) is 4.28. The number of likely N-dealkylation sites (tertiary alicyclic amines) is 1. The summed E-state index contributed by atoms with van der Waals surface area (Å²) in [5, 5.41) is 7.40. The van der Waals surface area contributed by atoms with E-state index in [1.807, 2.05) is 0 Å². The van der Waals surface area contributed by atoms with Gasteiger partial charge in [-0.3, -0.25) is 9.69 Å². The van der Waals surface area contributed by atoms with E-state index in [0.717, 1.165) is 0 Å². The molecule has 1 N–H and O–H groups in total. The van der Waals surface area contributed by atoms with E-state index in [9.17, 15) is 9.59 Å². The van der Waals surface area contributed by atoms with Crippen LogP contribution >= 0.6 is 23.2 Å². The number of carbonyl (C=O) groups is 2. The van der Waals surface area contributed by atoms with Crippen molar-refractivity contribution in [1.29, 1.82) is 0 Å². The van der Waals surface area contributed by atoms with Crippen LogP contribution in [0.3, 0.4) is 0 Å². The quantitative estimate of drug-likeness (QED) is 0.881. The van der Waals surface area contributed by atoms with E-state index < -0.39 is 6.03 Å². The van der Waals surface area contributed by atoms with Crippen molar-refractivity contribution in [1.82, 2.24) is 10.1 Å². The standard InChI is InChI=1S/C15H13Cl2N3O3/c1-8-13(18-15(22)20-7-3-6-11(20)21)14(19-23-8)12-9(16)4-2-5-10(12)17/h2,4-5H,3,6-7H2,1H3,(H,18,22). The molecule has 0 aliphatic carbocycles. The Morgan fingerprint density at radius 1 is 1.35 bits per heavy atom. The second-order valence-corrected chi connectivity index (χ2v) is 5.95. The molecule has 1 aliphatic rings. The van der Waals surface area contributed by atoms with Crippen molar-refractivity contribution in [2.75, 3.05) is 11.9 Å². The summed E-state index contributed by atoms with van der Waals surface area (Å²) in [5.74, 6) is 0.199. The normalized spacial score (nSPS) is 14.4. The summed E-state index contributed by atoms with van der Waals surface area (Å²) in [6.07, 6.45) is 1.04. The van der Waals surface area contributed by atoms with Gasteiger partial charge in [0.25, 0.3) is 0 Å². The summed E-state index contributed by atoms with van der Waals surface area (Å²) in [6, 6.07) is 4.54. The first-order chi connectivity index (χ1) is 11.0. The number of hydrogen-bond acceptors (Lipinski definition) is 4. The Bertz CT molecular complexity index is 768. The fraction of sp³-hybridized carbons (Fsp3) is 0.267. The Balaban J connectivity index is 1.96. The largest absolute Gasteiger partial charge is 0.359 e. The van der Waals surface area contributed by atoms with Crippen LogP contribution < -0.4 is 5.32 Å². The molecular weight excluding hydrogens is 341 g/mol. The van der Waals surface area contributed by atoms with Gasteiger partial charge in [-0.2, -0.15) is 0 Å². The molecule has 6 nitrogen and oxygen atoms in total. The fourth-order valence-corrected chi connectivity index (χ4v) is 3.03. The number of aryl methyl sites for hydroxylation is 1. The van der Waals surface area contributed by atoms with Crippen molar-refractivity contribution in [2.24, 2.45) is 0 Å². The molecule has 1 saturated heterocycles. The van der Waals surface area contributed by atoms with Gasteiger partial charge in [-0.15, -0.1) is 0 Å². The average Bonchev–Trinajstić information content (AvgIpc) is 3.07. The van der Waals surface area contributed by atoms with Gasteiger partial charge in [0.05, 0.1) is 10.0 Å². The Labute approximate surface area is 142 Å². The van der Waals surface area contributed by atoms with E-state index in [1.165, 1.54) is 4.90 Å². The van der Waals surface area contributed by atoms with Crippen LogP contribution in [0.1, 0.15) is 18.6 Å². The lowest BCUT2D eigenvalue weighted by Gasteiger charge is -2.15.